The molecule has 104 valence electrons. The molecule has 1 fully saturated rings. The summed E-state index contributed by atoms with van der Waals surface area (Å²) in [5, 5.41) is 0. The van der Waals surface area contributed by atoms with Gasteiger partial charge in [-0.05, 0) is 50.5 Å². The van der Waals surface area contributed by atoms with Gasteiger partial charge in [0.25, 0.3) is 0 Å². The monoisotopic (exact) mass is 260 g/mol. The van der Waals surface area contributed by atoms with Crippen LogP contribution in [-0.2, 0) is 9.53 Å². The van der Waals surface area contributed by atoms with Crippen LogP contribution in [0.5, 0.6) is 0 Å². The Morgan fingerprint density at radius 2 is 2.00 bits per heavy atom. The minimum atomic E-state index is -0.0305. The quantitative estimate of drug-likeness (QED) is 0.758. The molecule has 2 atom stereocenters. The third kappa shape index (κ3) is 4.09. The highest BCUT2D eigenvalue weighted by molar-refractivity contribution is 5.69. The van der Waals surface area contributed by atoms with Crippen molar-refractivity contribution >= 4 is 5.97 Å². The number of esters is 1. The number of rotatable bonds is 4. The summed E-state index contributed by atoms with van der Waals surface area (Å²) in [6.45, 7) is 4.48. The van der Waals surface area contributed by atoms with Gasteiger partial charge in [-0.15, -0.1) is 0 Å². The predicted octanol–water partition coefficient (Wildman–Crippen LogP) is 4.22. The van der Waals surface area contributed by atoms with Crippen molar-refractivity contribution in [1.82, 2.24) is 0 Å². The third-order valence-electron chi connectivity index (χ3n) is 4.09. The number of carbonyl (C=O) groups is 1. The lowest BCUT2D eigenvalue weighted by Gasteiger charge is -2.29. The Kier molecular flexibility index (Phi) is 5.00. The molecule has 2 rings (SSSR count). The van der Waals surface area contributed by atoms with Crippen LogP contribution < -0.4 is 0 Å². The van der Waals surface area contributed by atoms with Gasteiger partial charge in [-0.3, -0.25) is 4.79 Å². The molecular formula is C17H24O2. The number of hydrogen-bond donors (Lipinski definition) is 0. The maximum Gasteiger partial charge on any atom is 0.306 e. The van der Waals surface area contributed by atoms with Crippen molar-refractivity contribution in [2.24, 2.45) is 5.92 Å². The van der Waals surface area contributed by atoms with E-state index in [0.29, 0.717) is 24.9 Å². The first-order valence-electron chi connectivity index (χ1n) is 7.41. The molecule has 1 aliphatic carbocycles. The summed E-state index contributed by atoms with van der Waals surface area (Å²) in [6, 6.07) is 8.86. The zero-order chi connectivity index (χ0) is 13.7. The summed E-state index contributed by atoms with van der Waals surface area (Å²) in [5.41, 5.74) is 2.74. The van der Waals surface area contributed by atoms with Crippen LogP contribution in [0.2, 0.25) is 0 Å². The molecule has 19 heavy (non-hydrogen) atoms. The van der Waals surface area contributed by atoms with E-state index in [-0.39, 0.29) is 5.97 Å². The standard InChI is InChI=1S/C17H24O2/c1-3-19-17(18)12-14-5-4-6-16(11-14)15-9-7-13(2)8-10-15/h7-10,14,16H,3-6,11-12H2,1-2H3/t14-,16+/m1/s1. The molecule has 0 spiro atoms. The van der Waals surface area contributed by atoms with Crippen LogP contribution in [0.4, 0.5) is 0 Å². The molecule has 2 heteroatoms. The number of carbonyl (C=O) groups excluding carboxylic acids is 1. The molecule has 0 bridgehead atoms. The first kappa shape index (κ1) is 14.1. The summed E-state index contributed by atoms with van der Waals surface area (Å²) in [6.07, 6.45) is 5.37. The fraction of sp³-hybridized carbons (Fsp3) is 0.588. The van der Waals surface area contributed by atoms with Crippen molar-refractivity contribution in [3.8, 4) is 0 Å². The van der Waals surface area contributed by atoms with Gasteiger partial charge in [0.15, 0.2) is 0 Å². The lowest BCUT2D eigenvalue weighted by Crippen LogP contribution is -2.18. The highest BCUT2D eigenvalue weighted by atomic mass is 16.5. The number of aryl methyl sites for hydroxylation is 1. The van der Waals surface area contributed by atoms with Crippen molar-refractivity contribution in [1.29, 1.82) is 0 Å². The Hall–Kier alpha value is -1.31. The van der Waals surface area contributed by atoms with E-state index in [9.17, 15) is 4.79 Å². The van der Waals surface area contributed by atoms with Gasteiger partial charge >= 0.3 is 5.97 Å². The molecule has 0 aliphatic heterocycles. The lowest BCUT2D eigenvalue weighted by atomic mass is 9.77. The predicted molar refractivity (Wildman–Crippen MR) is 77.1 cm³/mol. The van der Waals surface area contributed by atoms with E-state index in [1.807, 2.05) is 6.92 Å². The molecule has 1 aromatic carbocycles. The molecule has 0 unspecified atom stereocenters. The molecule has 0 amide bonds. The van der Waals surface area contributed by atoms with Crippen LogP contribution in [0.3, 0.4) is 0 Å². The molecule has 0 heterocycles. The summed E-state index contributed by atoms with van der Waals surface area (Å²) < 4.78 is 5.06. The highest BCUT2D eigenvalue weighted by Crippen LogP contribution is 2.37. The lowest BCUT2D eigenvalue weighted by molar-refractivity contribution is -0.144. The van der Waals surface area contributed by atoms with E-state index < -0.39 is 0 Å². The van der Waals surface area contributed by atoms with E-state index in [1.165, 1.54) is 30.4 Å². The Morgan fingerprint density at radius 1 is 1.26 bits per heavy atom. The maximum atomic E-state index is 11.6. The number of ether oxygens (including phenoxy) is 1. The zero-order valence-corrected chi connectivity index (χ0v) is 12.0. The Bertz CT molecular complexity index is 408. The average Bonchev–Trinajstić information content (AvgIpc) is 2.40. The molecule has 1 aliphatic rings. The van der Waals surface area contributed by atoms with Gasteiger partial charge in [0, 0.05) is 6.42 Å². The van der Waals surface area contributed by atoms with Crippen LogP contribution in [-0.4, -0.2) is 12.6 Å². The fourth-order valence-electron chi connectivity index (χ4n) is 3.07. The smallest absolute Gasteiger partial charge is 0.306 e. The van der Waals surface area contributed by atoms with E-state index >= 15 is 0 Å². The first-order valence-corrected chi connectivity index (χ1v) is 7.41. The van der Waals surface area contributed by atoms with Crippen LogP contribution >= 0.6 is 0 Å². The first-order chi connectivity index (χ1) is 9.19. The van der Waals surface area contributed by atoms with Crippen molar-refractivity contribution in [3.63, 3.8) is 0 Å². The van der Waals surface area contributed by atoms with Crippen molar-refractivity contribution in [2.75, 3.05) is 6.61 Å². The molecule has 0 N–H and O–H groups in total. The normalized spacial score (nSPS) is 23.1. The Labute approximate surface area is 116 Å². The summed E-state index contributed by atoms with van der Waals surface area (Å²) in [5.74, 6) is 1.09. The van der Waals surface area contributed by atoms with Crippen molar-refractivity contribution < 1.29 is 9.53 Å². The van der Waals surface area contributed by atoms with Gasteiger partial charge in [-0.2, -0.15) is 0 Å². The maximum absolute atomic E-state index is 11.6. The zero-order valence-electron chi connectivity index (χ0n) is 12.0. The SMILES string of the molecule is CCOC(=O)C[C@@H]1CCC[C@H](c2ccc(C)cc2)C1. The molecule has 2 nitrogen and oxygen atoms in total. The van der Waals surface area contributed by atoms with E-state index in [0.717, 1.165) is 6.42 Å². The molecule has 0 radical (unpaired) electrons. The third-order valence-corrected chi connectivity index (χ3v) is 4.09. The Morgan fingerprint density at radius 3 is 2.68 bits per heavy atom. The highest BCUT2D eigenvalue weighted by Gasteiger charge is 2.25. The van der Waals surface area contributed by atoms with Crippen molar-refractivity contribution in [3.05, 3.63) is 35.4 Å². The Balaban J connectivity index is 1.93. The number of hydrogen-bond acceptors (Lipinski definition) is 2. The van der Waals surface area contributed by atoms with Crippen LogP contribution in [0, 0.1) is 12.8 Å². The van der Waals surface area contributed by atoms with Gasteiger partial charge in [0.2, 0.25) is 0 Å². The van der Waals surface area contributed by atoms with Crippen LogP contribution in [0.1, 0.15) is 56.1 Å². The molecule has 1 saturated carbocycles. The van der Waals surface area contributed by atoms with Crippen molar-refractivity contribution in [2.45, 2.75) is 51.9 Å². The minimum absolute atomic E-state index is 0.0305. The fourth-order valence-corrected chi connectivity index (χ4v) is 3.07. The largest absolute Gasteiger partial charge is 0.466 e. The molecular weight excluding hydrogens is 236 g/mol. The van der Waals surface area contributed by atoms with E-state index in [2.05, 4.69) is 31.2 Å². The van der Waals surface area contributed by atoms with Gasteiger partial charge in [0.1, 0.15) is 0 Å². The summed E-state index contributed by atoms with van der Waals surface area (Å²) in [4.78, 5) is 11.6. The van der Waals surface area contributed by atoms with E-state index in [1.54, 1.807) is 0 Å². The summed E-state index contributed by atoms with van der Waals surface area (Å²) in [7, 11) is 0. The van der Waals surface area contributed by atoms with Crippen LogP contribution in [0.25, 0.3) is 0 Å². The van der Waals surface area contributed by atoms with Crippen LogP contribution in [0.15, 0.2) is 24.3 Å². The summed E-state index contributed by atoms with van der Waals surface area (Å²) >= 11 is 0. The second kappa shape index (κ2) is 6.74. The van der Waals surface area contributed by atoms with Gasteiger partial charge in [-0.1, -0.05) is 36.2 Å². The minimum Gasteiger partial charge on any atom is -0.466 e. The molecule has 1 aromatic rings. The van der Waals surface area contributed by atoms with E-state index in [4.69, 9.17) is 4.74 Å². The molecule has 0 aromatic heterocycles. The second-order valence-electron chi connectivity index (χ2n) is 5.65. The van der Waals surface area contributed by atoms with Gasteiger partial charge in [-0.25, -0.2) is 0 Å². The average molecular weight is 260 g/mol. The topological polar surface area (TPSA) is 26.3 Å². The second-order valence-corrected chi connectivity index (χ2v) is 5.65. The van der Waals surface area contributed by atoms with Gasteiger partial charge in [0.05, 0.1) is 6.61 Å². The van der Waals surface area contributed by atoms with Gasteiger partial charge < -0.3 is 4.74 Å². The molecule has 0 saturated heterocycles. The number of benzene rings is 1.